The molecule has 0 aliphatic carbocycles. The second kappa shape index (κ2) is 12.1. The predicted octanol–water partition coefficient (Wildman–Crippen LogP) is 3.77. The van der Waals surface area contributed by atoms with Crippen molar-refractivity contribution in [1.82, 2.24) is 20.2 Å². The topological polar surface area (TPSA) is 69.9 Å². The first-order valence-electron chi connectivity index (χ1n) is 8.72. The van der Waals surface area contributed by atoms with Gasteiger partial charge in [-0.3, -0.25) is 0 Å². The average Bonchev–Trinajstić information content (AvgIpc) is 2.98. The first-order valence-corrected chi connectivity index (χ1v) is 8.72. The van der Waals surface area contributed by atoms with Crippen molar-refractivity contribution in [3.63, 3.8) is 0 Å². The van der Waals surface area contributed by atoms with Crippen LogP contribution in [0, 0.1) is 0 Å². The third-order valence-electron chi connectivity index (χ3n) is 3.62. The van der Waals surface area contributed by atoms with Crippen LogP contribution in [0.5, 0.6) is 0 Å². The highest BCUT2D eigenvalue weighted by molar-refractivity contribution is 5.84. The Morgan fingerprint density at radius 2 is 1.55 bits per heavy atom. The second-order valence-electron chi connectivity index (χ2n) is 5.61. The summed E-state index contributed by atoms with van der Waals surface area (Å²) in [5.74, 6) is -0.453. The molecule has 0 saturated carbocycles. The zero-order valence-corrected chi connectivity index (χ0v) is 14.1. The van der Waals surface area contributed by atoms with Gasteiger partial charge in [-0.15, -0.1) is 10.2 Å². The van der Waals surface area contributed by atoms with Gasteiger partial charge in [0.25, 0.3) is 5.82 Å². The molecule has 0 bridgehead atoms. The Balaban J connectivity index is 2.00. The molecule has 0 amide bonds. The molecule has 126 valence electrons. The van der Waals surface area contributed by atoms with E-state index in [1.165, 1.54) is 62.6 Å². The Kier molecular flexibility index (Phi) is 10.2. The maximum Gasteiger partial charge on any atom is 0.380 e. The van der Waals surface area contributed by atoms with E-state index in [0.717, 1.165) is 6.42 Å². The molecule has 0 atom stereocenters. The molecule has 0 aliphatic heterocycles. The summed E-state index contributed by atoms with van der Waals surface area (Å²) >= 11 is 0. The number of carbonyl (C=O) groups is 1. The van der Waals surface area contributed by atoms with E-state index in [2.05, 4.69) is 22.3 Å². The van der Waals surface area contributed by atoms with Crippen molar-refractivity contribution < 1.29 is 9.53 Å². The number of hydrogen-bond donors (Lipinski definition) is 0. The minimum atomic E-state index is -0.503. The Labute approximate surface area is 133 Å². The van der Waals surface area contributed by atoms with Gasteiger partial charge in [-0.2, -0.15) is 4.80 Å². The fourth-order valence-corrected chi connectivity index (χ4v) is 2.36. The van der Waals surface area contributed by atoms with Crippen molar-refractivity contribution in [3.8, 4) is 0 Å². The van der Waals surface area contributed by atoms with Gasteiger partial charge in [0.1, 0.15) is 0 Å². The Hall–Kier alpha value is -1.46. The van der Waals surface area contributed by atoms with Crippen LogP contribution in [-0.4, -0.2) is 32.8 Å². The van der Waals surface area contributed by atoms with Crippen LogP contribution in [0.15, 0.2) is 0 Å². The molecule has 22 heavy (non-hydrogen) atoms. The molecule has 6 heteroatoms. The Morgan fingerprint density at radius 3 is 2.14 bits per heavy atom. The number of unbranched alkanes of at least 4 members (excludes halogenated alkanes) is 9. The zero-order chi connectivity index (χ0) is 16.0. The van der Waals surface area contributed by atoms with Crippen LogP contribution >= 0.6 is 0 Å². The van der Waals surface area contributed by atoms with Crippen LogP contribution in [0.4, 0.5) is 0 Å². The highest BCUT2D eigenvalue weighted by Crippen LogP contribution is 2.10. The zero-order valence-electron chi connectivity index (χ0n) is 14.1. The van der Waals surface area contributed by atoms with E-state index in [4.69, 9.17) is 4.74 Å². The van der Waals surface area contributed by atoms with Gasteiger partial charge >= 0.3 is 5.97 Å². The van der Waals surface area contributed by atoms with E-state index >= 15 is 0 Å². The maximum atomic E-state index is 11.4. The van der Waals surface area contributed by atoms with Crippen LogP contribution in [0.2, 0.25) is 0 Å². The molecule has 0 saturated heterocycles. The largest absolute Gasteiger partial charge is 0.460 e. The smallest absolute Gasteiger partial charge is 0.380 e. The van der Waals surface area contributed by atoms with Gasteiger partial charge < -0.3 is 4.74 Å². The molecule has 0 radical (unpaired) electrons. The van der Waals surface area contributed by atoms with Gasteiger partial charge in [0.15, 0.2) is 0 Å². The number of nitrogens with zero attached hydrogens (tertiary/aromatic N) is 4. The SMILES string of the molecule is CCCCCCCCCCCCn1nnc(C(=O)OCC)n1. The van der Waals surface area contributed by atoms with E-state index < -0.39 is 5.97 Å². The van der Waals surface area contributed by atoms with E-state index in [-0.39, 0.29) is 5.82 Å². The quantitative estimate of drug-likeness (QED) is 0.410. The van der Waals surface area contributed by atoms with Crippen molar-refractivity contribution in [2.45, 2.75) is 84.6 Å². The molecule has 1 rings (SSSR count). The lowest BCUT2D eigenvalue weighted by atomic mass is 10.1. The van der Waals surface area contributed by atoms with Gasteiger partial charge in [0, 0.05) is 0 Å². The van der Waals surface area contributed by atoms with E-state index in [1.807, 2.05) is 0 Å². The van der Waals surface area contributed by atoms with E-state index in [9.17, 15) is 4.79 Å². The van der Waals surface area contributed by atoms with Crippen LogP contribution in [0.3, 0.4) is 0 Å². The summed E-state index contributed by atoms with van der Waals surface area (Å²) in [4.78, 5) is 12.9. The highest BCUT2D eigenvalue weighted by Gasteiger charge is 2.13. The first-order chi connectivity index (χ1) is 10.8. The standard InChI is InChI=1S/C16H30N4O2/c1-3-5-6-7-8-9-10-11-12-13-14-20-18-15(17-19-20)16(21)22-4-2/h3-14H2,1-2H3. The van der Waals surface area contributed by atoms with Crippen LogP contribution in [0.25, 0.3) is 0 Å². The first kappa shape index (κ1) is 18.6. The van der Waals surface area contributed by atoms with Crippen molar-refractivity contribution in [2.75, 3.05) is 6.61 Å². The fraction of sp³-hybridized carbons (Fsp3) is 0.875. The predicted molar refractivity (Wildman–Crippen MR) is 85.6 cm³/mol. The molecule has 0 N–H and O–H groups in total. The summed E-state index contributed by atoms with van der Waals surface area (Å²) in [7, 11) is 0. The van der Waals surface area contributed by atoms with Crippen molar-refractivity contribution in [2.24, 2.45) is 0 Å². The normalized spacial score (nSPS) is 10.8. The summed E-state index contributed by atoms with van der Waals surface area (Å²) in [6.45, 7) is 5.04. The van der Waals surface area contributed by atoms with Gasteiger partial charge in [-0.25, -0.2) is 4.79 Å². The molecular formula is C16H30N4O2. The molecular weight excluding hydrogens is 280 g/mol. The lowest BCUT2D eigenvalue weighted by Gasteiger charge is -2.02. The van der Waals surface area contributed by atoms with Crippen LogP contribution < -0.4 is 0 Å². The maximum absolute atomic E-state index is 11.4. The van der Waals surface area contributed by atoms with E-state index in [1.54, 1.807) is 6.92 Å². The molecule has 1 aromatic rings. The number of hydrogen-bond acceptors (Lipinski definition) is 5. The number of esters is 1. The molecule has 0 fully saturated rings. The molecule has 1 heterocycles. The molecule has 0 aromatic carbocycles. The summed E-state index contributed by atoms with van der Waals surface area (Å²) in [6.07, 6.45) is 12.9. The number of carbonyl (C=O) groups excluding carboxylic acids is 1. The average molecular weight is 310 g/mol. The van der Waals surface area contributed by atoms with Gasteiger partial charge in [0.2, 0.25) is 0 Å². The third kappa shape index (κ3) is 8.10. The van der Waals surface area contributed by atoms with Crippen molar-refractivity contribution in [3.05, 3.63) is 5.82 Å². The van der Waals surface area contributed by atoms with Crippen LogP contribution in [0.1, 0.15) is 88.7 Å². The number of rotatable bonds is 13. The molecule has 0 unspecified atom stereocenters. The summed E-state index contributed by atoms with van der Waals surface area (Å²) < 4.78 is 4.83. The summed E-state index contributed by atoms with van der Waals surface area (Å²) in [6, 6.07) is 0. The lowest BCUT2D eigenvalue weighted by molar-refractivity contribution is 0.0511. The lowest BCUT2D eigenvalue weighted by Crippen LogP contribution is -2.08. The van der Waals surface area contributed by atoms with Crippen LogP contribution in [-0.2, 0) is 11.3 Å². The summed E-state index contributed by atoms with van der Waals surface area (Å²) in [5.41, 5.74) is 0. The Bertz CT molecular complexity index is 407. The number of aryl methyl sites for hydroxylation is 1. The third-order valence-corrected chi connectivity index (χ3v) is 3.62. The molecule has 1 aromatic heterocycles. The monoisotopic (exact) mass is 310 g/mol. The molecule has 0 aliphatic rings. The van der Waals surface area contributed by atoms with Gasteiger partial charge in [-0.05, 0) is 18.6 Å². The molecule has 0 spiro atoms. The van der Waals surface area contributed by atoms with Gasteiger partial charge in [-0.1, -0.05) is 64.7 Å². The Morgan fingerprint density at radius 1 is 0.955 bits per heavy atom. The highest BCUT2D eigenvalue weighted by atomic mass is 16.5. The minimum Gasteiger partial charge on any atom is -0.460 e. The van der Waals surface area contributed by atoms with E-state index in [0.29, 0.717) is 13.2 Å². The summed E-state index contributed by atoms with van der Waals surface area (Å²) in [5, 5.41) is 11.6. The number of tetrazole rings is 1. The number of aromatic nitrogens is 4. The number of ether oxygens (including phenoxy) is 1. The fourth-order valence-electron chi connectivity index (χ4n) is 2.36. The van der Waals surface area contributed by atoms with Crippen molar-refractivity contribution in [1.29, 1.82) is 0 Å². The second-order valence-corrected chi connectivity index (χ2v) is 5.61. The van der Waals surface area contributed by atoms with Gasteiger partial charge in [0.05, 0.1) is 13.2 Å². The van der Waals surface area contributed by atoms with Crippen molar-refractivity contribution >= 4 is 5.97 Å². The minimum absolute atomic E-state index is 0.0499. The molecule has 6 nitrogen and oxygen atoms in total.